The van der Waals surface area contributed by atoms with Gasteiger partial charge in [0.15, 0.2) is 0 Å². The number of anilines is 1. The predicted molar refractivity (Wildman–Crippen MR) is 54.6 cm³/mol. The van der Waals surface area contributed by atoms with Crippen LogP contribution in [0.3, 0.4) is 0 Å². The van der Waals surface area contributed by atoms with Crippen molar-refractivity contribution in [1.29, 1.82) is 5.26 Å². The summed E-state index contributed by atoms with van der Waals surface area (Å²) in [4.78, 5) is 10.3. The van der Waals surface area contributed by atoms with E-state index in [9.17, 15) is 10.1 Å². The third-order valence-electron chi connectivity index (χ3n) is 2.51. The highest BCUT2D eigenvalue weighted by atomic mass is 16.6. The number of nitro benzene ring substituents is 1. The number of nitrogens with zero attached hydrogens (tertiary/aromatic N) is 2. The lowest BCUT2D eigenvalue weighted by atomic mass is 9.97. The van der Waals surface area contributed by atoms with Crippen molar-refractivity contribution in [1.82, 2.24) is 0 Å². The van der Waals surface area contributed by atoms with Gasteiger partial charge in [0.2, 0.25) is 0 Å². The van der Waals surface area contributed by atoms with Crippen LogP contribution < -0.4 is 5.32 Å². The van der Waals surface area contributed by atoms with Crippen molar-refractivity contribution in [2.75, 3.05) is 11.9 Å². The van der Waals surface area contributed by atoms with Gasteiger partial charge in [-0.2, -0.15) is 5.26 Å². The molecule has 0 amide bonds. The van der Waals surface area contributed by atoms with Crippen molar-refractivity contribution < 1.29 is 4.92 Å². The molecule has 0 radical (unpaired) electrons. The zero-order valence-corrected chi connectivity index (χ0v) is 7.99. The van der Waals surface area contributed by atoms with E-state index in [0.29, 0.717) is 11.3 Å². The maximum absolute atomic E-state index is 10.8. The molecule has 0 bridgehead atoms. The van der Waals surface area contributed by atoms with Crippen molar-refractivity contribution in [2.45, 2.75) is 12.8 Å². The maximum Gasteiger partial charge on any atom is 0.292 e. The molecule has 0 atom stereocenters. The lowest BCUT2D eigenvalue weighted by Crippen LogP contribution is -2.14. The number of benzene rings is 1. The van der Waals surface area contributed by atoms with Crippen LogP contribution in [-0.2, 0) is 6.42 Å². The first-order chi connectivity index (χ1) is 7.24. The molecular formula is C10H9N3O2. The van der Waals surface area contributed by atoms with Crippen LogP contribution in [-0.4, -0.2) is 11.5 Å². The lowest BCUT2D eigenvalue weighted by molar-refractivity contribution is -0.384. The number of fused-ring (bicyclic) bond motifs is 1. The van der Waals surface area contributed by atoms with Gasteiger partial charge in [0.05, 0.1) is 16.6 Å². The standard InChI is InChI=1S/C10H9N3O2/c11-6-7-3-4-9(13(14)15)10-8(7)2-1-5-12-10/h3-4,12H,1-2,5H2. The third-order valence-corrected chi connectivity index (χ3v) is 2.51. The summed E-state index contributed by atoms with van der Waals surface area (Å²) < 4.78 is 0. The predicted octanol–water partition coefficient (Wildman–Crippen LogP) is 1.82. The number of hydrogen-bond acceptors (Lipinski definition) is 4. The minimum atomic E-state index is -0.418. The van der Waals surface area contributed by atoms with Gasteiger partial charge in [-0.1, -0.05) is 0 Å². The van der Waals surface area contributed by atoms with Gasteiger partial charge in [0, 0.05) is 18.2 Å². The van der Waals surface area contributed by atoms with Crippen LogP contribution in [0.1, 0.15) is 17.5 Å². The fraction of sp³-hybridized carbons (Fsp3) is 0.300. The molecule has 76 valence electrons. The fourth-order valence-electron chi connectivity index (χ4n) is 1.83. The van der Waals surface area contributed by atoms with Gasteiger partial charge in [-0.05, 0) is 18.9 Å². The van der Waals surface area contributed by atoms with Crippen LogP contribution in [0.2, 0.25) is 0 Å². The molecule has 1 aliphatic rings. The Hall–Kier alpha value is -2.09. The Morgan fingerprint density at radius 2 is 2.33 bits per heavy atom. The lowest BCUT2D eigenvalue weighted by Gasteiger charge is -2.18. The second kappa shape index (κ2) is 3.58. The SMILES string of the molecule is N#Cc1ccc([N+](=O)[O-])c2c1CCCN2. The largest absolute Gasteiger partial charge is 0.379 e. The van der Waals surface area contributed by atoms with E-state index in [1.807, 2.05) is 0 Å². The molecule has 0 fully saturated rings. The van der Waals surface area contributed by atoms with Crippen molar-refractivity contribution in [3.63, 3.8) is 0 Å². The van der Waals surface area contributed by atoms with Gasteiger partial charge >= 0.3 is 0 Å². The maximum atomic E-state index is 10.8. The minimum absolute atomic E-state index is 0.0590. The molecule has 15 heavy (non-hydrogen) atoms. The molecule has 0 spiro atoms. The van der Waals surface area contributed by atoms with Gasteiger partial charge in [-0.25, -0.2) is 0 Å². The second-order valence-electron chi connectivity index (χ2n) is 3.39. The van der Waals surface area contributed by atoms with Gasteiger partial charge in [-0.15, -0.1) is 0 Å². The van der Waals surface area contributed by atoms with E-state index in [-0.39, 0.29) is 5.69 Å². The van der Waals surface area contributed by atoms with E-state index in [0.717, 1.165) is 24.9 Å². The number of hydrogen-bond donors (Lipinski definition) is 1. The fourth-order valence-corrected chi connectivity index (χ4v) is 1.83. The quantitative estimate of drug-likeness (QED) is 0.557. The number of rotatable bonds is 1. The number of nitriles is 1. The topological polar surface area (TPSA) is 79.0 Å². The summed E-state index contributed by atoms with van der Waals surface area (Å²) in [7, 11) is 0. The molecule has 2 rings (SSSR count). The van der Waals surface area contributed by atoms with Crippen LogP contribution in [0.4, 0.5) is 11.4 Å². The van der Waals surface area contributed by atoms with Crippen LogP contribution >= 0.6 is 0 Å². The highest BCUT2D eigenvalue weighted by Gasteiger charge is 2.22. The zero-order valence-electron chi connectivity index (χ0n) is 7.99. The Balaban J connectivity index is 2.64. The summed E-state index contributed by atoms with van der Waals surface area (Å²) in [5, 5.41) is 22.6. The summed E-state index contributed by atoms with van der Waals surface area (Å²) in [5.74, 6) is 0. The zero-order chi connectivity index (χ0) is 10.8. The van der Waals surface area contributed by atoms with Crippen LogP contribution in [0.15, 0.2) is 12.1 Å². The van der Waals surface area contributed by atoms with Crippen LogP contribution in [0.5, 0.6) is 0 Å². The second-order valence-corrected chi connectivity index (χ2v) is 3.39. The molecule has 1 aliphatic heterocycles. The Morgan fingerprint density at radius 1 is 1.53 bits per heavy atom. The van der Waals surface area contributed by atoms with Gasteiger partial charge < -0.3 is 5.32 Å². The minimum Gasteiger partial charge on any atom is -0.379 e. The van der Waals surface area contributed by atoms with E-state index in [1.54, 1.807) is 0 Å². The molecule has 0 saturated carbocycles. The highest BCUT2D eigenvalue weighted by Crippen LogP contribution is 2.33. The monoisotopic (exact) mass is 203 g/mol. The highest BCUT2D eigenvalue weighted by molar-refractivity contribution is 5.71. The molecule has 0 aromatic heterocycles. The molecule has 5 nitrogen and oxygen atoms in total. The third kappa shape index (κ3) is 1.50. The van der Waals surface area contributed by atoms with Crippen molar-refractivity contribution in [3.8, 4) is 6.07 Å². The molecule has 1 aromatic carbocycles. The van der Waals surface area contributed by atoms with Crippen LogP contribution in [0.25, 0.3) is 0 Å². The van der Waals surface area contributed by atoms with Crippen molar-refractivity contribution in [2.24, 2.45) is 0 Å². The summed E-state index contributed by atoms with van der Waals surface area (Å²) in [6.07, 6.45) is 1.63. The van der Waals surface area contributed by atoms with E-state index in [2.05, 4.69) is 11.4 Å². The molecule has 1 aromatic rings. The molecular weight excluding hydrogens is 194 g/mol. The van der Waals surface area contributed by atoms with Gasteiger partial charge in [-0.3, -0.25) is 10.1 Å². The first kappa shape index (κ1) is 9.46. The Labute approximate surface area is 86.5 Å². The van der Waals surface area contributed by atoms with E-state index in [4.69, 9.17) is 5.26 Å². The first-order valence-corrected chi connectivity index (χ1v) is 4.68. The Bertz CT molecular complexity index is 462. The van der Waals surface area contributed by atoms with Gasteiger partial charge in [0.1, 0.15) is 5.69 Å². The van der Waals surface area contributed by atoms with E-state index < -0.39 is 4.92 Å². The average Bonchev–Trinajstić information content (AvgIpc) is 2.27. The molecule has 0 unspecified atom stereocenters. The number of nitrogens with one attached hydrogen (secondary N) is 1. The van der Waals surface area contributed by atoms with Gasteiger partial charge in [0.25, 0.3) is 5.69 Å². The molecule has 0 saturated heterocycles. The number of nitro groups is 1. The normalized spacial score (nSPS) is 13.5. The molecule has 1 N–H and O–H groups in total. The summed E-state index contributed by atoms with van der Waals surface area (Å²) >= 11 is 0. The summed E-state index contributed by atoms with van der Waals surface area (Å²) in [5.41, 5.74) is 1.88. The summed E-state index contributed by atoms with van der Waals surface area (Å²) in [6, 6.07) is 4.96. The summed E-state index contributed by atoms with van der Waals surface area (Å²) in [6.45, 7) is 0.725. The smallest absolute Gasteiger partial charge is 0.292 e. The first-order valence-electron chi connectivity index (χ1n) is 4.68. The molecule has 0 aliphatic carbocycles. The van der Waals surface area contributed by atoms with Crippen molar-refractivity contribution in [3.05, 3.63) is 33.4 Å². The molecule has 1 heterocycles. The van der Waals surface area contributed by atoms with E-state index >= 15 is 0 Å². The van der Waals surface area contributed by atoms with Crippen LogP contribution in [0, 0.1) is 21.4 Å². The average molecular weight is 203 g/mol. The Kier molecular flexibility index (Phi) is 2.26. The Morgan fingerprint density at radius 3 is 3.00 bits per heavy atom. The van der Waals surface area contributed by atoms with Crippen molar-refractivity contribution >= 4 is 11.4 Å². The van der Waals surface area contributed by atoms with E-state index in [1.165, 1.54) is 12.1 Å². The molecule has 5 heteroatoms.